The standard InChI is InChI=1S/C15H27N3O/c1-6-7-18(9-8-17(4)5)15-14(11-19)12(2)10-13(3)16-15/h10,19H,6-9,11H2,1-5H3. The number of rotatable bonds is 7. The molecule has 1 heterocycles. The van der Waals surface area contributed by atoms with E-state index in [-0.39, 0.29) is 6.61 Å². The minimum atomic E-state index is 0.0522. The lowest BCUT2D eigenvalue weighted by Crippen LogP contribution is -2.34. The van der Waals surface area contributed by atoms with Gasteiger partial charge in [-0.15, -0.1) is 0 Å². The van der Waals surface area contributed by atoms with Gasteiger partial charge in [0.15, 0.2) is 0 Å². The number of aliphatic hydroxyl groups excluding tert-OH is 1. The van der Waals surface area contributed by atoms with Crippen LogP contribution in [0, 0.1) is 13.8 Å². The molecule has 0 saturated heterocycles. The van der Waals surface area contributed by atoms with E-state index < -0.39 is 0 Å². The van der Waals surface area contributed by atoms with Gasteiger partial charge in [-0.25, -0.2) is 4.98 Å². The van der Waals surface area contributed by atoms with Crippen molar-refractivity contribution >= 4 is 5.82 Å². The lowest BCUT2D eigenvalue weighted by atomic mass is 10.1. The summed E-state index contributed by atoms with van der Waals surface area (Å²) in [4.78, 5) is 9.10. The van der Waals surface area contributed by atoms with Gasteiger partial charge in [0.1, 0.15) is 5.82 Å². The monoisotopic (exact) mass is 265 g/mol. The van der Waals surface area contributed by atoms with Crippen molar-refractivity contribution in [3.05, 3.63) is 22.9 Å². The molecule has 0 aliphatic carbocycles. The van der Waals surface area contributed by atoms with Crippen LogP contribution in [0.25, 0.3) is 0 Å². The number of hydrogen-bond donors (Lipinski definition) is 1. The van der Waals surface area contributed by atoms with Gasteiger partial charge in [-0.05, 0) is 46.0 Å². The maximum Gasteiger partial charge on any atom is 0.134 e. The molecule has 1 aromatic heterocycles. The average molecular weight is 265 g/mol. The van der Waals surface area contributed by atoms with E-state index in [1.54, 1.807) is 0 Å². The molecule has 0 bridgehead atoms. The van der Waals surface area contributed by atoms with Gasteiger partial charge in [0.2, 0.25) is 0 Å². The zero-order chi connectivity index (χ0) is 14.4. The third kappa shape index (κ3) is 4.48. The minimum absolute atomic E-state index is 0.0522. The Kier molecular flexibility index (Phi) is 6.25. The first-order valence-corrected chi connectivity index (χ1v) is 6.97. The van der Waals surface area contributed by atoms with E-state index in [1.807, 2.05) is 19.9 Å². The number of hydrogen-bond acceptors (Lipinski definition) is 4. The number of anilines is 1. The van der Waals surface area contributed by atoms with E-state index in [4.69, 9.17) is 0 Å². The lowest BCUT2D eigenvalue weighted by molar-refractivity contribution is 0.280. The molecule has 4 nitrogen and oxygen atoms in total. The minimum Gasteiger partial charge on any atom is -0.392 e. The van der Waals surface area contributed by atoms with Crippen LogP contribution in [0.4, 0.5) is 5.82 Å². The zero-order valence-electron chi connectivity index (χ0n) is 12.9. The molecule has 0 amide bonds. The lowest BCUT2D eigenvalue weighted by Gasteiger charge is -2.27. The third-order valence-electron chi connectivity index (χ3n) is 3.22. The summed E-state index contributed by atoms with van der Waals surface area (Å²) in [7, 11) is 4.15. The Morgan fingerprint density at radius 3 is 2.37 bits per heavy atom. The van der Waals surface area contributed by atoms with Crippen LogP contribution in [-0.4, -0.2) is 48.7 Å². The smallest absolute Gasteiger partial charge is 0.134 e. The van der Waals surface area contributed by atoms with Crippen LogP contribution in [0.2, 0.25) is 0 Å². The maximum absolute atomic E-state index is 9.61. The van der Waals surface area contributed by atoms with Crippen molar-refractivity contribution in [2.75, 3.05) is 38.6 Å². The van der Waals surface area contributed by atoms with Crippen LogP contribution < -0.4 is 4.90 Å². The first-order valence-electron chi connectivity index (χ1n) is 6.97. The highest BCUT2D eigenvalue weighted by Gasteiger charge is 2.14. The number of aryl methyl sites for hydroxylation is 2. The second-order valence-electron chi connectivity index (χ2n) is 5.33. The van der Waals surface area contributed by atoms with Crippen molar-refractivity contribution in [1.82, 2.24) is 9.88 Å². The quantitative estimate of drug-likeness (QED) is 0.818. The second-order valence-corrected chi connectivity index (χ2v) is 5.33. The second kappa shape index (κ2) is 7.46. The maximum atomic E-state index is 9.61. The molecule has 0 unspecified atom stereocenters. The molecule has 1 rings (SSSR count). The van der Waals surface area contributed by atoms with Crippen molar-refractivity contribution in [2.45, 2.75) is 33.8 Å². The first-order chi connectivity index (χ1) is 8.99. The SMILES string of the molecule is CCCN(CCN(C)C)c1nc(C)cc(C)c1CO. The average Bonchev–Trinajstić information content (AvgIpc) is 2.33. The number of likely N-dealkylation sites (N-methyl/N-ethyl adjacent to an activating group) is 1. The molecule has 0 aliphatic rings. The summed E-state index contributed by atoms with van der Waals surface area (Å²) in [6.07, 6.45) is 1.08. The van der Waals surface area contributed by atoms with Gasteiger partial charge in [0.25, 0.3) is 0 Å². The number of aliphatic hydroxyl groups is 1. The topological polar surface area (TPSA) is 39.6 Å². The highest BCUT2D eigenvalue weighted by Crippen LogP contribution is 2.22. The molecule has 0 aromatic carbocycles. The van der Waals surface area contributed by atoms with E-state index in [2.05, 4.69) is 35.8 Å². The summed E-state index contributed by atoms with van der Waals surface area (Å²) >= 11 is 0. The fourth-order valence-electron chi connectivity index (χ4n) is 2.21. The highest BCUT2D eigenvalue weighted by molar-refractivity contribution is 5.51. The van der Waals surface area contributed by atoms with E-state index >= 15 is 0 Å². The molecule has 0 fully saturated rings. The fourth-order valence-corrected chi connectivity index (χ4v) is 2.21. The Hall–Kier alpha value is -1.13. The molecule has 0 radical (unpaired) electrons. The Bertz CT molecular complexity index is 405. The van der Waals surface area contributed by atoms with E-state index in [9.17, 15) is 5.11 Å². The molecule has 1 N–H and O–H groups in total. The van der Waals surface area contributed by atoms with Crippen LogP contribution in [0.15, 0.2) is 6.07 Å². The van der Waals surface area contributed by atoms with E-state index in [0.29, 0.717) is 0 Å². The molecule has 4 heteroatoms. The summed E-state index contributed by atoms with van der Waals surface area (Å²) in [6, 6.07) is 2.03. The fraction of sp³-hybridized carbons (Fsp3) is 0.667. The number of aromatic nitrogens is 1. The molecule has 108 valence electrons. The number of pyridine rings is 1. The molecule has 19 heavy (non-hydrogen) atoms. The summed E-state index contributed by atoms with van der Waals surface area (Å²) in [5.41, 5.74) is 3.09. The van der Waals surface area contributed by atoms with Crippen molar-refractivity contribution in [1.29, 1.82) is 0 Å². The van der Waals surface area contributed by atoms with Gasteiger partial charge in [0, 0.05) is 30.9 Å². The molecule has 0 spiro atoms. The van der Waals surface area contributed by atoms with Crippen molar-refractivity contribution in [2.24, 2.45) is 0 Å². The predicted molar refractivity (Wildman–Crippen MR) is 80.7 cm³/mol. The highest BCUT2D eigenvalue weighted by atomic mass is 16.3. The van der Waals surface area contributed by atoms with Crippen LogP contribution in [0.1, 0.15) is 30.2 Å². The van der Waals surface area contributed by atoms with E-state index in [0.717, 1.165) is 48.7 Å². The summed E-state index contributed by atoms with van der Waals surface area (Å²) in [6.45, 7) is 9.16. The Labute approximate surface area is 117 Å². The summed E-state index contributed by atoms with van der Waals surface area (Å²) in [5, 5.41) is 9.61. The van der Waals surface area contributed by atoms with Crippen LogP contribution in [0.3, 0.4) is 0 Å². The van der Waals surface area contributed by atoms with Crippen LogP contribution in [0.5, 0.6) is 0 Å². The summed E-state index contributed by atoms with van der Waals surface area (Å²) in [5.74, 6) is 0.948. The zero-order valence-corrected chi connectivity index (χ0v) is 12.9. The summed E-state index contributed by atoms with van der Waals surface area (Å²) < 4.78 is 0. The van der Waals surface area contributed by atoms with Crippen molar-refractivity contribution < 1.29 is 5.11 Å². The molecule has 0 atom stereocenters. The molecular weight excluding hydrogens is 238 g/mol. The van der Waals surface area contributed by atoms with Crippen LogP contribution >= 0.6 is 0 Å². The Balaban J connectivity index is 3.06. The molecule has 0 saturated carbocycles. The van der Waals surface area contributed by atoms with Gasteiger partial charge >= 0.3 is 0 Å². The van der Waals surface area contributed by atoms with Gasteiger partial charge in [-0.3, -0.25) is 0 Å². The third-order valence-corrected chi connectivity index (χ3v) is 3.22. The van der Waals surface area contributed by atoms with Gasteiger partial charge < -0.3 is 14.9 Å². The van der Waals surface area contributed by atoms with Crippen LogP contribution in [-0.2, 0) is 6.61 Å². The molecule has 1 aromatic rings. The molecule has 0 aliphatic heterocycles. The van der Waals surface area contributed by atoms with E-state index in [1.165, 1.54) is 0 Å². The van der Waals surface area contributed by atoms with Crippen molar-refractivity contribution in [3.63, 3.8) is 0 Å². The van der Waals surface area contributed by atoms with Gasteiger partial charge in [0.05, 0.1) is 6.61 Å². The normalized spacial score (nSPS) is 11.1. The Morgan fingerprint density at radius 2 is 1.84 bits per heavy atom. The van der Waals surface area contributed by atoms with Crippen molar-refractivity contribution in [3.8, 4) is 0 Å². The van der Waals surface area contributed by atoms with Gasteiger partial charge in [-0.2, -0.15) is 0 Å². The van der Waals surface area contributed by atoms with Gasteiger partial charge in [-0.1, -0.05) is 6.92 Å². The molecular formula is C15H27N3O. The number of nitrogens with zero attached hydrogens (tertiary/aromatic N) is 3. The Morgan fingerprint density at radius 1 is 1.16 bits per heavy atom. The predicted octanol–water partition coefficient (Wildman–Crippen LogP) is 1.97. The largest absolute Gasteiger partial charge is 0.392 e. The first kappa shape index (κ1) is 15.9.